The quantitative estimate of drug-likeness (QED) is 0.457. The van der Waals surface area contributed by atoms with Gasteiger partial charge in [-0.1, -0.05) is 11.8 Å². The van der Waals surface area contributed by atoms with Gasteiger partial charge in [0, 0.05) is 16.9 Å². The van der Waals surface area contributed by atoms with Gasteiger partial charge in [0.15, 0.2) is 5.16 Å². The summed E-state index contributed by atoms with van der Waals surface area (Å²) in [4.78, 5) is 39.1. The van der Waals surface area contributed by atoms with Gasteiger partial charge in [0.2, 0.25) is 11.7 Å². The van der Waals surface area contributed by atoms with Crippen molar-refractivity contribution < 1.29 is 14.3 Å². The molecule has 1 aliphatic rings. The number of ether oxygens (including phenoxy) is 1. The highest BCUT2D eigenvalue weighted by Crippen LogP contribution is 2.23. The predicted octanol–water partition coefficient (Wildman–Crippen LogP) is 2.20. The number of aryl methyl sites for hydroxylation is 1. The van der Waals surface area contributed by atoms with Crippen LogP contribution in [0.15, 0.2) is 34.2 Å². The van der Waals surface area contributed by atoms with E-state index in [1.165, 1.54) is 11.8 Å². The number of hydrogen-bond donors (Lipinski definition) is 2. The van der Waals surface area contributed by atoms with Gasteiger partial charge >= 0.3 is 5.97 Å². The van der Waals surface area contributed by atoms with E-state index in [9.17, 15) is 14.4 Å². The highest BCUT2D eigenvalue weighted by Gasteiger charge is 2.20. The van der Waals surface area contributed by atoms with Crippen molar-refractivity contribution in [1.29, 1.82) is 0 Å². The van der Waals surface area contributed by atoms with Gasteiger partial charge in [-0.25, -0.2) is 4.79 Å². The van der Waals surface area contributed by atoms with E-state index in [2.05, 4.69) is 20.5 Å². The Hall–Kier alpha value is -3.14. The van der Waals surface area contributed by atoms with Gasteiger partial charge < -0.3 is 10.1 Å². The summed E-state index contributed by atoms with van der Waals surface area (Å²) in [5, 5.41) is 11.6. The van der Waals surface area contributed by atoms with Gasteiger partial charge in [0.05, 0.1) is 17.9 Å². The lowest BCUT2D eigenvalue weighted by molar-refractivity contribution is -0.113. The standard InChI is InChI=1S/C20H21N5O4S/c1-2-29-18(28)12-7-9-13(10-8-12)21-16(26)11-30-20-24-23-19-22-17(27)14-5-3-4-6-15(14)25(19)20/h7-10H,2-6,11H2,1H3,(H,21,26)(H,22,23,27). The number of nitrogens with zero attached hydrogens (tertiary/aromatic N) is 3. The Labute approximate surface area is 176 Å². The van der Waals surface area contributed by atoms with Gasteiger partial charge in [-0.3, -0.25) is 19.0 Å². The maximum Gasteiger partial charge on any atom is 0.338 e. The third-order valence-electron chi connectivity index (χ3n) is 4.85. The number of nitrogens with one attached hydrogen (secondary N) is 2. The van der Waals surface area contributed by atoms with Gasteiger partial charge in [-0.05, 0) is 56.9 Å². The van der Waals surface area contributed by atoms with Crippen LogP contribution in [0.3, 0.4) is 0 Å². The first-order valence-corrected chi connectivity index (χ1v) is 10.7. The zero-order chi connectivity index (χ0) is 21.1. The fraction of sp³-hybridized carbons (Fsp3) is 0.350. The Morgan fingerprint density at radius 3 is 2.73 bits per heavy atom. The van der Waals surface area contributed by atoms with Crippen molar-refractivity contribution in [2.45, 2.75) is 37.8 Å². The van der Waals surface area contributed by atoms with E-state index in [4.69, 9.17) is 4.74 Å². The van der Waals surface area contributed by atoms with Gasteiger partial charge in [0.1, 0.15) is 0 Å². The van der Waals surface area contributed by atoms with Crippen molar-refractivity contribution in [1.82, 2.24) is 19.6 Å². The average molecular weight is 427 g/mol. The number of carbonyl (C=O) groups excluding carboxylic acids is 2. The van der Waals surface area contributed by atoms with Crippen molar-refractivity contribution in [3.8, 4) is 0 Å². The van der Waals surface area contributed by atoms with Crippen LogP contribution in [-0.2, 0) is 22.4 Å². The van der Waals surface area contributed by atoms with E-state index < -0.39 is 5.97 Å². The molecule has 0 saturated carbocycles. The number of benzene rings is 1. The number of thioether (sulfide) groups is 1. The van der Waals surface area contributed by atoms with Crippen molar-refractivity contribution in [3.63, 3.8) is 0 Å². The summed E-state index contributed by atoms with van der Waals surface area (Å²) in [6.07, 6.45) is 3.53. The zero-order valence-electron chi connectivity index (χ0n) is 16.4. The first-order chi connectivity index (χ1) is 14.6. The summed E-state index contributed by atoms with van der Waals surface area (Å²) in [5.41, 5.74) is 2.62. The number of fused-ring (bicyclic) bond motifs is 3. The van der Waals surface area contributed by atoms with Crippen LogP contribution in [0.1, 0.15) is 41.4 Å². The minimum Gasteiger partial charge on any atom is -0.462 e. The maximum atomic E-state index is 12.4. The third kappa shape index (κ3) is 4.09. The summed E-state index contributed by atoms with van der Waals surface area (Å²) < 4.78 is 6.79. The van der Waals surface area contributed by atoms with E-state index in [-0.39, 0.29) is 17.2 Å². The molecule has 0 aliphatic heterocycles. The highest BCUT2D eigenvalue weighted by atomic mass is 32.2. The van der Waals surface area contributed by atoms with Gasteiger partial charge in [-0.2, -0.15) is 0 Å². The van der Waals surface area contributed by atoms with Crippen LogP contribution in [0.4, 0.5) is 5.69 Å². The molecule has 0 bridgehead atoms. The lowest BCUT2D eigenvalue weighted by Gasteiger charge is -2.16. The number of esters is 1. The molecule has 0 atom stereocenters. The molecule has 10 heteroatoms. The van der Waals surface area contributed by atoms with E-state index in [1.807, 2.05) is 4.40 Å². The van der Waals surface area contributed by atoms with Crippen LogP contribution in [0, 0.1) is 0 Å². The second kappa shape index (κ2) is 8.70. The van der Waals surface area contributed by atoms with Crippen LogP contribution in [0.5, 0.6) is 0 Å². The molecular formula is C20H21N5O4S. The Balaban J connectivity index is 1.44. The molecule has 4 rings (SSSR count). The molecule has 1 amide bonds. The number of anilines is 1. The van der Waals surface area contributed by atoms with Gasteiger partial charge in [0.25, 0.3) is 5.56 Å². The van der Waals surface area contributed by atoms with Crippen LogP contribution in [-0.4, -0.2) is 43.8 Å². The normalized spacial score (nSPS) is 13.1. The lowest BCUT2D eigenvalue weighted by Crippen LogP contribution is -2.23. The molecule has 0 radical (unpaired) electrons. The molecule has 3 aromatic rings. The molecule has 0 saturated heterocycles. The Morgan fingerprint density at radius 2 is 1.97 bits per heavy atom. The summed E-state index contributed by atoms with van der Waals surface area (Å²) in [7, 11) is 0. The smallest absolute Gasteiger partial charge is 0.338 e. The number of rotatable bonds is 6. The summed E-state index contributed by atoms with van der Waals surface area (Å²) in [6.45, 7) is 2.05. The molecule has 0 fully saturated rings. The van der Waals surface area contributed by atoms with Crippen LogP contribution in [0.25, 0.3) is 5.78 Å². The molecular weight excluding hydrogens is 406 g/mol. The van der Waals surface area contributed by atoms with Crippen molar-refractivity contribution in [2.24, 2.45) is 0 Å². The topological polar surface area (TPSA) is 118 Å². The largest absolute Gasteiger partial charge is 0.462 e. The van der Waals surface area contributed by atoms with E-state index in [0.717, 1.165) is 36.9 Å². The SMILES string of the molecule is CCOC(=O)c1ccc(NC(=O)CSc2nnc3[nH]c(=O)c4c(n23)CCCC4)cc1. The maximum absolute atomic E-state index is 12.4. The van der Waals surface area contributed by atoms with Crippen molar-refractivity contribution in [3.05, 3.63) is 51.4 Å². The first-order valence-electron chi connectivity index (χ1n) is 9.76. The Bertz CT molecular complexity index is 1150. The van der Waals surface area contributed by atoms with E-state index >= 15 is 0 Å². The summed E-state index contributed by atoms with van der Waals surface area (Å²) in [5.74, 6) is -0.0723. The van der Waals surface area contributed by atoms with Crippen LogP contribution in [0.2, 0.25) is 0 Å². The second-order valence-electron chi connectivity index (χ2n) is 6.86. The van der Waals surface area contributed by atoms with Crippen molar-refractivity contribution in [2.75, 3.05) is 17.7 Å². The number of aromatic nitrogens is 4. The Morgan fingerprint density at radius 1 is 1.20 bits per heavy atom. The fourth-order valence-corrected chi connectivity index (χ4v) is 4.23. The van der Waals surface area contributed by atoms with Crippen LogP contribution < -0.4 is 10.9 Å². The molecule has 156 valence electrons. The first kappa shape index (κ1) is 20.1. The number of amides is 1. The van der Waals surface area contributed by atoms with Gasteiger partial charge in [-0.15, -0.1) is 10.2 Å². The third-order valence-corrected chi connectivity index (χ3v) is 5.78. The number of H-pyrrole nitrogens is 1. The fourth-order valence-electron chi connectivity index (χ4n) is 3.48. The molecule has 30 heavy (non-hydrogen) atoms. The van der Waals surface area contributed by atoms with E-state index in [0.29, 0.717) is 28.8 Å². The molecule has 9 nitrogen and oxygen atoms in total. The second-order valence-corrected chi connectivity index (χ2v) is 7.81. The van der Waals surface area contributed by atoms with Crippen LogP contribution >= 0.6 is 11.8 Å². The predicted molar refractivity (Wildman–Crippen MR) is 112 cm³/mol. The zero-order valence-corrected chi connectivity index (χ0v) is 17.3. The molecule has 0 spiro atoms. The molecule has 1 aromatic carbocycles. The van der Waals surface area contributed by atoms with Crippen molar-refractivity contribution >= 4 is 35.1 Å². The lowest BCUT2D eigenvalue weighted by atomic mass is 9.97. The molecule has 0 unspecified atom stereocenters. The number of carbonyl (C=O) groups is 2. The Kier molecular flexibility index (Phi) is 5.84. The monoisotopic (exact) mass is 427 g/mol. The minimum atomic E-state index is -0.397. The average Bonchev–Trinajstić information content (AvgIpc) is 3.16. The molecule has 1 aliphatic carbocycles. The number of hydrogen-bond acceptors (Lipinski definition) is 7. The van der Waals surface area contributed by atoms with E-state index in [1.54, 1.807) is 31.2 Å². The highest BCUT2D eigenvalue weighted by molar-refractivity contribution is 7.99. The molecule has 2 heterocycles. The molecule has 2 N–H and O–H groups in total. The minimum absolute atomic E-state index is 0.106. The number of aromatic amines is 1. The summed E-state index contributed by atoms with van der Waals surface area (Å²) in [6, 6.07) is 6.52. The molecule has 2 aromatic heterocycles. The summed E-state index contributed by atoms with van der Waals surface area (Å²) >= 11 is 1.26.